The SMILES string of the molecule is CNc1cc(NCCC2CCCN2C)ccc1OC(F)(F)F. The normalized spacial score (nSPS) is 19.2. The van der Waals surface area contributed by atoms with Crippen molar-refractivity contribution in [1.29, 1.82) is 0 Å². The Kier molecular flexibility index (Phi) is 5.39. The van der Waals surface area contributed by atoms with E-state index < -0.39 is 6.36 Å². The van der Waals surface area contributed by atoms with Crippen LogP contribution >= 0.6 is 0 Å². The van der Waals surface area contributed by atoms with Gasteiger partial charge in [-0.2, -0.15) is 0 Å². The first-order chi connectivity index (χ1) is 10.4. The molecule has 0 bridgehead atoms. The minimum Gasteiger partial charge on any atom is -0.404 e. The lowest BCUT2D eigenvalue weighted by atomic mass is 10.1. The van der Waals surface area contributed by atoms with E-state index in [0.717, 1.165) is 25.2 Å². The van der Waals surface area contributed by atoms with E-state index in [0.29, 0.717) is 11.7 Å². The fourth-order valence-corrected chi connectivity index (χ4v) is 2.78. The summed E-state index contributed by atoms with van der Waals surface area (Å²) in [6.45, 7) is 1.93. The Labute approximate surface area is 128 Å². The van der Waals surface area contributed by atoms with Crippen LogP contribution in [0.15, 0.2) is 18.2 Å². The second-order valence-electron chi connectivity index (χ2n) is 5.50. The monoisotopic (exact) mass is 317 g/mol. The van der Waals surface area contributed by atoms with Crippen LogP contribution in [0, 0.1) is 0 Å². The molecular weight excluding hydrogens is 295 g/mol. The van der Waals surface area contributed by atoms with Gasteiger partial charge in [0.2, 0.25) is 0 Å². The summed E-state index contributed by atoms with van der Waals surface area (Å²) in [5.41, 5.74) is 1.08. The fourth-order valence-electron chi connectivity index (χ4n) is 2.78. The zero-order valence-electron chi connectivity index (χ0n) is 12.8. The minimum atomic E-state index is -4.69. The molecule has 1 aromatic carbocycles. The summed E-state index contributed by atoms with van der Waals surface area (Å²) < 4.78 is 40.9. The van der Waals surface area contributed by atoms with Gasteiger partial charge in [-0.15, -0.1) is 13.2 Å². The van der Waals surface area contributed by atoms with E-state index >= 15 is 0 Å². The summed E-state index contributed by atoms with van der Waals surface area (Å²) in [4.78, 5) is 2.35. The summed E-state index contributed by atoms with van der Waals surface area (Å²) in [5.74, 6) is -0.226. The van der Waals surface area contributed by atoms with Crippen LogP contribution < -0.4 is 15.4 Å². The Balaban J connectivity index is 1.91. The van der Waals surface area contributed by atoms with Crippen LogP contribution in [0.3, 0.4) is 0 Å². The van der Waals surface area contributed by atoms with Crippen molar-refractivity contribution in [1.82, 2.24) is 4.90 Å². The Morgan fingerprint density at radius 1 is 1.36 bits per heavy atom. The molecule has 0 amide bonds. The van der Waals surface area contributed by atoms with E-state index in [-0.39, 0.29) is 5.75 Å². The minimum absolute atomic E-state index is 0.226. The Morgan fingerprint density at radius 2 is 2.14 bits per heavy atom. The molecule has 1 heterocycles. The van der Waals surface area contributed by atoms with Crippen molar-refractivity contribution < 1.29 is 17.9 Å². The molecule has 7 heteroatoms. The number of ether oxygens (including phenoxy) is 1. The highest BCUT2D eigenvalue weighted by Gasteiger charge is 2.32. The van der Waals surface area contributed by atoms with Gasteiger partial charge in [0.15, 0.2) is 5.75 Å². The van der Waals surface area contributed by atoms with Gasteiger partial charge in [-0.3, -0.25) is 0 Å². The van der Waals surface area contributed by atoms with Gasteiger partial charge in [0.25, 0.3) is 0 Å². The predicted molar refractivity (Wildman–Crippen MR) is 81.4 cm³/mol. The summed E-state index contributed by atoms with van der Waals surface area (Å²) in [6.07, 6.45) is -1.23. The van der Waals surface area contributed by atoms with Crippen molar-refractivity contribution >= 4 is 11.4 Å². The number of anilines is 2. The molecule has 22 heavy (non-hydrogen) atoms. The molecule has 4 nitrogen and oxygen atoms in total. The first-order valence-corrected chi connectivity index (χ1v) is 7.40. The summed E-state index contributed by atoms with van der Waals surface area (Å²) >= 11 is 0. The number of halogens is 3. The standard InChI is InChI=1S/C15H22F3N3O/c1-19-13-10-11(5-6-14(13)22-15(16,17)18)20-8-7-12-4-3-9-21(12)2/h5-6,10,12,19-20H,3-4,7-9H2,1-2H3. The Bertz CT molecular complexity index is 493. The second kappa shape index (κ2) is 7.09. The summed E-state index contributed by atoms with van der Waals surface area (Å²) in [7, 11) is 3.69. The van der Waals surface area contributed by atoms with Crippen molar-refractivity contribution in [2.45, 2.75) is 31.7 Å². The van der Waals surface area contributed by atoms with E-state index in [9.17, 15) is 13.2 Å². The number of rotatable bonds is 6. The van der Waals surface area contributed by atoms with E-state index in [1.54, 1.807) is 19.2 Å². The van der Waals surface area contributed by atoms with Gasteiger partial charge < -0.3 is 20.3 Å². The molecular formula is C15H22F3N3O. The molecule has 0 saturated carbocycles. The highest BCUT2D eigenvalue weighted by atomic mass is 19.4. The maximum Gasteiger partial charge on any atom is 0.573 e. The molecule has 1 aliphatic rings. The van der Waals surface area contributed by atoms with Crippen LogP contribution in [-0.4, -0.2) is 44.5 Å². The lowest BCUT2D eigenvalue weighted by Gasteiger charge is -2.20. The molecule has 2 N–H and O–H groups in total. The van der Waals surface area contributed by atoms with Crippen LogP contribution in [0.4, 0.5) is 24.5 Å². The van der Waals surface area contributed by atoms with Crippen molar-refractivity contribution in [3.05, 3.63) is 18.2 Å². The molecule has 1 atom stereocenters. The van der Waals surface area contributed by atoms with Gasteiger partial charge in [0.1, 0.15) is 0 Å². The lowest BCUT2D eigenvalue weighted by molar-refractivity contribution is -0.274. The molecule has 0 spiro atoms. The van der Waals surface area contributed by atoms with Gasteiger partial charge in [0.05, 0.1) is 5.69 Å². The molecule has 1 aromatic rings. The van der Waals surface area contributed by atoms with Crippen LogP contribution in [0.5, 0.6) is 5.75 Å². The van der Waals surface area contributed by atoms with Gasteiger partial charge in [-0.05, 0) is 51.1 Å². The van der Waals surface area contributed by atoms with Gasteiger partial charge in [-0.1, -0.05) is 0 Å². The Morgan fingerprint density at radius 3 is 2.73 bits per heavy atom. The third kappa shape index (κ3) is 4.69. The number of benzene rings is 1. The molecule has 1 fully saturated rings. The predicted octanol–water partition coefficient (Wildman–Crippen LogP) is 3.52. The van der Waals surface area contributed by atoms with E-state index in [1.165, 1.54) is 18.9 Å². The molecule has 0 aromatic heterocycles. The summed E-state index contributed by atoms with van der Waals surface area (Å²) in [5, 5.41) is 5.98. The highest BCUT2D eigenvalue weighted by Crippen LogP contribution is 2.32. The van der Waals surface area contributed by atoms with Crippen molar-refractivity contribution in [3.63, 3.8) is 0 Å². The third-order valence-electron chi connectivity index (χ3n) is 3.95. The molecule has 1 saturated heterocycles. The number of nitrogens with zero attached hydrogens (tertiary/aromatic N) is 1. The average molecular weight is 317 g/mol. The van der Waals surface area contributed by atoms with E-state index in [4.69, 9.17) is 0 Å². The molecule has 1 aliphatic heterocycles. The van der Waals surface area contributed by atoms with Crippen molar-refractivity contribution in [2.75, 3.05) is 37.8 Å². The smallest absolute Gasteiger partial charge is 0.404 e. The fraction of sp³-hybridized carbons (Fsp3) is 0.600. The first kappa shape index (κ1) is 16.7. The highest BCUT2D eigenvalue weighted by molar-refractivity contribution is 5.64. The average Bonchev–Trinajstić information content (AvgIpc) is 2.84. The second-order valence-corrected chi connectivity index (χ2v) is 5.50. The maximum atomic E-state index is 12.3. The zero-order valence-corrected chi connectivity index (χ0v) is 12.8. The molecule has 2 rings (SSSR count). The molecule has 1 unspecified atom stereocenters. The quantitative estimate of drug-likeness (QED) is 0.842. The molecule has 0 radical (unpaired) electrons. The van der Waals surface area contributed by atoms with E-state index in [2.05, 4.69) is 27.3 Å². The Hall–Kier alpha value is -1.63. The van der Waals surface area contributed by atoms with Crippen molar-refractivity contribution in [3.8, 4) is 5.75 Å². The number of alkyl halides is 3. The largest absolute Gasteiger partial charge is 0.573 e. The van der Waals surface area contributed by atoms with Gasteiger partial charge in [-0.25, -0.2) is 0 Å². The van der Waals surface area contributed by atoms with Crippen LogP contribution in [0.1, 0.15) is 19.3 Å². The number of hydrogen-bond donors (Lipinski definition) is 2. The van der Waals surface area contributed by atoms with E-state index in [1.807, 2.05) is 0 Å². The maximum absolute atomic E-state index is 12.3. The lowest BCUT2D eigenvalue weighted by Crippen LogP contribution is -2.26. The van der Waals surface area contributed by atoms with Gasteiger partial charge >= 0.3 is 6.36 Å². The number of nitrogens with one attached hydrogen (secondary N) is 2. The first-order valence-electron chi connectivity index (χ1n) is 7.40. The van der Waals surface area contributed by atoms with Crippen LogP contribution in [0.25, 0.3) is 0 Å². The topological polar surface area (TPSA) is 36.5 Å². The molecule has 0 aliphatic carbocycles. The zero-order chi connectivity index (χ0) is 16.2. The number of hydrogen-bond acceptors (Lipinski definition) is 4. The molecule has 124 valence electrons. The van der Waals surface area contributed by atoms with Crippen LogP contribution in [-0.2, 0) is 0 Å². The number of likely N-dealkylation sites (tertiary alicyclic amines) is 1. The van der Waals surface area contributed by atoms with Crippen molar-refractivity contribution in [2.24, 2.45) is 0 Å². The third-order valence-corrected chi connectivity index (χ3v) is 3.95. The summed E-state index contributed by atoms with van der Waals surface area (Å²) in [6, 6.07) is 5.13. The van der Waals surface area contributed by atoms with Gasteiger partial charge in [0, 0.05) is 25.3 Å². The van der Waals surface area contributed by atoms with Crippen LogP contribution in [0.2, 0.25) is 0 Å².